The molecular formula is C22H24N4O5. The Morgan fingerprint density at radius 3 is 2.55 bits per heavy atom. The van der Waals surface area contributed by atoms with E-state index in [0.717, 1.165) is 18.5 Å². The van der Waals surface area contributed by atoms with Crippen molar-refractivity contribution < 1.29 is 23.9 Å². The summed E-state index contributed by atoms with van der Waals surface area (Å²) in [5, 5.41) is 10.1. The number of nitrogens with two attached hydrogens (primary N) is 1. The first-order valence-electron chi connectivity index (χ1n) is 9.83. The number of carbonyl (C=O) groups excluding carboxylic acids is 3. The lowest BCUT2D eigenvalue weighted by atomic mass is 10.1. The fraction of sp³-hybridized carbons (Fsp3) is 0.273. The zero-order chi connectivity index (χ0) is 22.4. The number of piperidine rings is 1. The van der Waals surface area contributed by atoms with Gasteiger partial charge in [-0.05, 0) is 49.2 Å². The van der Waals surface area contributed by atoms with E-state index in [4.69, 9.17) is 20.6 Å². The zero-order valence-electron chi connectivity index (χ0n) is 17.1. The third-order valence-corrected chi connectivity index (χ3v) is 4.65. The number of hydrogen-bond donors (Lipinski definition) is 3. The van der Waals surface area contributed by atoms with Crippen molar-refractivity contribution in [2.24, 2.45) is 5.73 Å². The van der Waals surface area contributed by atoms with E-state index in [1.54, 1.807) is 47.4 Å². The number of ether oxygens (including phenoxy) is 2. The van der Waals surface area contributed by atoms with E-state index in [0.29, 0.717) is 24.2 Å². The second-order valence-corrected chi connectivity index (χ2v) is 7.04. The monoisotopic (exact) mass is 424 g/mol. The van der Waals surface area contributed by atoms with Crippen molar-refractivity contribution in [1.29, 1.82) is 5.41 Å². The first-order valence-corrected chi connectivity index (χ1v) is 9.83. The van der Waals surface area contributed by atoms with E-state index >= 15 is 0 Å². The quantitative estimate of drug-likeness (QED) is 0.270. The molecule has 1 aliphatic rings. The Labute approximate surface area is 179 Å². The minimum absolute atomic E-state index is 0.0825. The van der Waals surface area contributed by atoms with Crippen LogP contribution in [0.15, 0.2) is 48.5 Å². The second kappa shape index (κ2) is 9.75. The molecule has 9 nitrogen and oxygen atoms in total. The summed E-state index contributed by atoms with van der Waals surface area (Å²) in [5.74, 6) is -1.24. The summed E-state index contributed by atoms with van der Waals surface area (Å²) in [6.45, 7) is 1.84. The number of amidine groups is 1. The first-order chi connectivity index (χ1) is 14.8. The van der Waals surface area contributed by atoms with E-state index in [-0.39, 0.29) is 17.5 Å². The number of benzene rings is 2. The Morgan fingerprint density at radius 2 is 1.90 bits per heavy atom. The van der Waals surface area contributed by atoms with Gasteiger partial charge in [0.05, 0.1) is 0 Å². The normalized spacial score (nSPS) is 14.5. The first kappa shape index (κ1) is 21.8. The number of nitrogen functional groups attached to an aromatic ring is 1. The maximum absolute atomic E-state index is 12.7. The van der Waals surface area contributed by atoms with Gasteiger partial charge in [0, 0.05) is 36.8 Å². The molecule has 31 heavy (non-hydrogen) atoms. The molecule has 1 aliphatic heterocycles. The highest BCUT2D eigenvalue weighted by atomic mass is 16.7. The van der Waals surface area contributed by atoms with Crippen molar-refractivity contribution in [1.82, 2.24) is 0 Å². The SMILES string of the molecule is CC(=O)OC(Oc1cccc(C(=N)N)c1)C(=O)Nc1ccc(N2CCCCC2=O)cc1. The number of hydrogen-bond acceptors (Lipinski definition) is 6. The van der Waals surface area contributed by atoms with Gasteiger partial charge < -0.3 is 25.4 Å². The molecule has 4 N–H and O–H groups in total. The molecule has 2 aromatic rings. The topological polar surface area (TPSA) is 135 Å². The van der Waals surface area contributed by atoms with Crippen LogP contribution in [0.4, 0.5) is 11.4 Å². The van der Waals surface area contributed by atoms with Gasteiger partial charge in [-0.3, -0.25) is 19.8 Å². The Morgan fingerprint density at radius 1 is 1.16 bits per heavy atom. The number of carbonyl (C=O) groups is 3. The summed E-state index contributed by atoms with van der Waals surface area (Å²) >= 11 is 0. The highest BCUT2D eigenvalue weighted by molar-refractivity contribution is 5.97. The molecule has 0 aromatic heterocycles. The third kappa shape index (κ3) is 5.81. The van der Waals surface area contributed by atoms with Crippen LogP contribution in [-0.4, -0.2) is 36.5 Å². The maximum Gasteiger partial charge on any atom is 0.324 e. The van der Waals surface area contributed by atoms with Crippen molar-refractivity contribution >= 4 is 35.0 Å². The predicted octanol–water partition coefficient (Wildman–Crippen LogP) is 2.39. The van der Waals surface area contributed by atoms with Gasteiger partial charge in [0.15, 0.2) is 0 Å². The van der Waals surface area contributed by atoms with Gasteiger partial charge in [-0.25, -0.2) is 0 Å². The van der Waals surface area contributed by atoms with Crippen LogP contribution in [0, 0.1) is 5.41 Å². The number of nitrogens with zero attached hydrogens (tertiary/aromatic N) is 1. The molecular weight excluding hydrogens is 400 g/mol. The van der Waals surface area contributed by atoms with Crippen LogP contribution in [-0.2, 0) is 19.1 Å². The molecule has 162 valence electrons. The van der Waals surface area contributed by atoms with Crippen LogP contribution in [0.5, 0.6) is 5.75 Å². The molecule has 0 spiro atoms. The lowest BCUT2D eigenvalue weighted by molar-refractivity contribution is -0.168. The minimum Gasteiger partial charge on any atom is -0.446 e. The Balaban J connectivity index is 1.70. The maximum atomic E-state index is 12.7. The largest absolute Gasteiger partial charge is 0.446 e. The van der Waals surface area contributed by atoms with Gasteiger partial charge in [0.2, 0.25) is 5.91 Å². The zero-order valence-corrected chi connectivity index (χ0v) is 17.1. The molecule has 2 aromatic carbocycles. The lowest BCUT2D eigenvalue weighted by Crippen LogP contribution is -2.37. The molecule has 0 aliphatic carbocycles. The molecule has 0 saturated carbocycles. The Bertz CT molecular complexity index is 990. The fourth-order valence-electron chi connectivity index (χ4n) is 3.15. The Kier molecular flexibility index (Phi) is 6.86. The summed E-state index contributed by atoms with van der Waals surface area (Å²) < 4.78 is 10.5. The number of nitrogens with one attached hydrogen (secondary N) is 2. The van der Waals surface area contributed by atoms with Crippen LogP contribution >= 0.6 is 0 Å². The van der Waals surface area contributed by atoms with E-state index in [2.05, 4.69) is 5.32 Å². The van der Waals surface area contributed by atoms with Crippen LogP contribution < -0.4 is 20.7 Å². The molecule has 0 bridgehead atoms. The molecule has 1 heterocycles. The summed E-state index contributed by atoms with van der Waals surface area (Å²) in [6, 6.07) is 13.1. The lowest BCUT2D eigenvalue weighted by Gasteiger charge is -2.27. The average molecular weight is 424 g/mol. The van der Waals surface area contributed by atoms with Crippen LogP contribution in [0.2, 0.25) is 0 Å². The van der Waals surface area contributed by atoms with Crippen LogP contribution in [0.3, 0.4) is 0 Å². The summed E-state index contributed by atoms with van der Waals surface area (Å²) in [5.41, 5.74) is 7.09. The molecule has 1 fully saturated rings. The second-order valence-electron chi connectivity index (χ2n) is 7.04. The highest BCUT2D eigenvalue weighted by Gasteiger charge is 2.25. The number of esters is 1. The van der Waals surface area contributed by atoms with Gasteiger partial charge in [-0.1, -0.05) is 12.1 Å². The van der Waals surface area contributed by atoms with E-state index in [1.165, 1.54) is 13.0 Å². The predicted molar refractivity (Wildman–Crippen MR) is 115 cm³/mol. The Hall–Kier alpha value is -3.88. The number of amides is 2. The van der Waals surface area contributed by atoms with Gasteiger partial charge in [0.1, 0.15) is 11.6 Å². The number of rotatable bonds is 7. The number of anilines is 2. The van der Waals surface area contributed by atoms with E-state index in [9.17, 15) is 14.4 Å². The van der Waals surface area contributed by atoms with Crippen molar-refractivity contribution in [3.05, 3.63) is 54.1 Å². The summed E-state index contributed by atoms with van der Waals surface area (Å²) in [4.78, 5) is 37.9. The standard InChI is InChI=1S/C22H24N4O5/c1-14(27)30-22(31-18-6-4-5-15(13-18)20(23)24)21(29)25-16-8-10-17(11-9-16)26-12-3-2-7-19(26)28/h4-6,8-11,13,22H,2-3,7,12H2,1H3,(H3,23,24)(H,25,29). The highest BCUT2D eigenvalue weighted by Crippen LogP contribution is 2.23. The third-order valence-electron chi connectivity index (χ3n) is 4.65. The average Bonchev–Trinajstić information content (AvgIpc) is 2.74. The van der Waals surface area contributed by atoms with Gasteiger partial charge in [-0.15, -0.1) is 0 Å². The molecule has 0 radical (unpaired) electrons. The minimum atomic E-state index is -1.54. The van der Waals surface area contributed by atoms with Crippen LogP contribution in [0.1, 0.15) is 31.7 Å². The summed E-state index contributed by atoms with van der Waals surface area (Å²) in [7, 11) is 0. The van der Waals surface area contributed by atoms with Gasteiger partial charge in [-0.2, -0.15) is 0 Å². The summed E-state index contributed by atoms with van der Waals surface area (Å²) in [6.07, 6.45) is 0.848. The fourth-order valence-corrected chi connectivity index (χ4v) is 3.15. The molecule has 1 saturated heterocycles. The van der Waals surface area contributed by atoms with Crippen molar-refractivity contribution in [2.75, 3.05) is 16.8 Å². The molecule has 1 unspecified atom stereocenters. The van der Waals surface area contributed by atoms with Gasteiger partial charge in [0.25, 0.3) is 0 Å². The van der Waals surface area contributed by atoms with Crippen molar-refractivity contribution in [3.8, 4) is 5.75 Å². The molecule has 1 atom stereocenters. The van der Waals surface area contributed by atoms with Crippen molar-refractivity contribution in [3.63, 3.8) is 0 Å². The molecule has 9 heteroatoms. The molecule has 2 amide bonds. The van der Waals surface area contributed by atoms with Crippen LogP contribution in [0.25, 0.3) is 0 Å². The van der Waals surface area contributed by atoms with Gasteiger partial charge >= 0.3 is 18.2 Å². The van der Waals surface area contributed by atoms with E-state index in [1.807, 2.05) is 0 Å². The van der Waals surface area contributed by atoms with E-state index < -0.39 is 18.2 Å². The molecule has 3 rings (SSSR count). The van der Waals surface area contributed by atoms with Crippen molar-refractivity contribution in [2.45, 2.75) is 32.5 Å². The smallest absolute Gasteiger partial charge is 0.324 e.